The minimum atomic E-state index is -1.52. The Bertz CT molecular complexity index is 151. The number of halogens is 1. The van der Waals surface area contributed by atoms with E-state index in [1.54, 1.807) is 0 Å². The van der Waals surface area contributed by atoms with Crippen LogP contribution in [0.4, 0.5) is 0 Å². The number of hydrogen-bond donors (Lipinski definition) is 2. The first kappa shape index (κ1) is 14.7. The standard InChI is InChI=1S/C3H5ClO3.C3H6O3/c1-7-3(6)2(4)5;1-6-3(5)2-4/h2,5H,1H3;4H,2H2,1H3. The number of esters is 2. The molecule has 6 nitrogen and oxygen atoms in total. The molecule has 0 fully saturated rings. The van der Waals surface area contributed by atoms with E-state index in [0.29, 0.717) is 0 Å². The number of aliphatic hydroxyl groups is 2. The highest BCUT2D eigenvalue weighted by atomic mass is 35.5. The van der Waals surface area contributed by atoms with Crippen LogP contribution in [-0.4, -0.2) is 48.5 Å². The van der Waals surface area contributed by atoms with Gasteiger partial charge in [0, 0.05) is 0 Å². The summed E-state index contributed by atoms with van der Waals surface area (Å²) in [7, 11) is 2.37. The maximum atomic E-state index is 9.91. The van der Waals surface area contributed by atoms with Crippen LogP contribution in [0.3, 0.4) is 0 Å². The Morgan fingerprint density at radius 2 is 1.85 bits per heavy atom. The predicted molar refractivity (Wildman–Crippen MR) is 43.0 cm³/mol. The molecule has 0 aliphatic heterocycles. The molecule has 0 spiro atoms. The molecule has 0 aliphatic carbocycles. The number of carbonyl (C=O) groups excluding carboxylic acids is 2. The predicted octanol–water partition coefficient (Wildman–Crippen LogP) is -1.13. The van der Waals surface area contributed by atoms with E-state index in [1.165, 1.54) is 7.11 Å². The summed E-state index contributed by atoms with van der Waals surface area (Å²) in [6.07, 6.45) is 0. The topological polar surface area (TPSA) is 93.1 Å². The fraction of sp³-hybridized carbons (Fsp3) is 0.667. The van der Waals surface area contributed by atoms with Gasteiger partial charge in [-0.25, -0.2) is 9.59 Å². The van der Waals surface area contributed by atoms with E-state index in [9.17, 15) is 9.59 Å². The summed E-state index contributed by atoms with van der Waals surface area (Å²) in [6, 6.07) is 0. The number of alkyl halides is 1. The van der Waals surface area contributed by atoms with Crippen LogP contribution >= 0.6 is 11.6 Å². The van der Waals surface area contributed by atoms with Gasteiger partial charge in [0.1, 0.15) is 6.61 Å². The van der Waals surface area contributed by atoms with Crippen molar-refractivity contribution in [1.82, 2.24) is 0 Å². The molecule has 0 aromatic rings. The van der Waals surface area contributed by atoms with E-state index in [1.807, 2.05) is 0 Å². The second-order valence-corrected chi connectivity index (χ2v) is 2.01. The summed E-state index contributed by atoms with van der Waals surface area (Å²) in [5.41, 5.74) is -1.52. The second kappa shape index (κ2) is 9.24. The van der Waals surface area contributed by atoms with Gasteiger partial charge in [-0.05, 0) is 0 Å². The minimum absolute atomic E-state index is 0.531. The first-order valence-corrected chi connectivity index (χ1v) is 3.50. The summed E-state index contributed by atoms with van der Waals surface area (Å²) in [5, 5.41) is 16.0. The van der Waals surface area contributed by atoms with Gasteiger partial charge in [0.2, 0.25) is 5.56 Å². The van der Waals surface area contributed by atoms with Gasteiger partial charge < -0.3 is 19.7 Å². The highest BCUT2D eigenvalue weighted by molar-refractivity contribution is 6.28. The molecule has 13 heavy (non-hydrogen) atoms. The molecule has 0 heterocycles. The highest BCUT2D eigenvalue weighted by Gasteiger charge is 2.08. The third-order valence-electron chi connectivity index (χ3n) is 0.752. The number of hydrogen-bond acceptors (Lipinski definition) is 6. The minimum Gasteiger partial charge on any atom is -0.467 e. The van der Waals surface area contributed by atoms with Crippen molar-refractivity contribution in [2.45, 2.75) is 5.56 Å². The molecule has 1 unspecified atom stereocenters. The van der Waals surface area contributed by atoms with Crippen LogP contribution < -0.4 is 0 Å². The average Bonchev–Trinajstić information content (AvgIpc) is 2.16. The van der Waals surface area contributed by atoms with Crippen molar-refractivity contribution in [3.63, 3.8) is 0 Å². The Kier molecular flexibility index (Phi) is 10.4. The van der Waals surface area contributed by atoms with Crippen molar-refractivity contribution in [3.05, 3.63) is 0 Å². The van der Waals surface area contributed by atoms with Crippen molar-refractivity contribution < 1.29 is 29.3 Å². The smallest absolute Gasteiger partial charge is 0.350 e. The summed E-state index contributed by atoms with van der Waals surface area (Å²) < 4.78 is 8.00. The lowest BCUT2D eigenvalue weighted by atomic mass is 10.7. The molecular weight excluding hydrogens is 204 g/mol. The van der Waals surface area contributed by atoms with E-state index in [-0.39, 0.29) is 0 Å². The summed E-state index contributed by atoms with van der Waals surface area (Å²) >= 11 is 4.81. The molecule has 7 heteroatoms. The quantitative estimate of drug-likeness (QED) is 0.446. The van der Waals surface area contributed by atoms with E-state index < -0.39 is 24.1 Å². The lowest BCUT2D eigenvalue weighted by Crippen LogP contribution is -2.14. The molecule has 0 rings (SSSR count). The molecule has 0 radical (unpaired) electrons. The Morgan fingerprint density at radius 1 is 1.38 bits per heavy atom. The van der Waals surface area contributed by atoms with Crippen molar-refractivity contribution in [3.8, 4) is 0 Å². The molecule has 0 saturated heterocycles. The Balaban J connectivity index is 0. The first-order valence-electron chi connectivity index (χ1n) is 3.07. The molecule has 0 aromatic carbocycles. The summed E-state index contributed by atoms with van der Waals surface area (Å²) in [4.78, 5) is 19.6. The highest BCUT2D eigenvalue weighted by Crippen LogP contribution is 1.89. The number of rotatable bonds is 2. The fourth-order valence-electron chi connectivity index (χ4n) is 0.162. The zero-order chi connectivity index (χ0) is 10.9. The zero-order valence-electron chi connectivity index (χ0n) is 7.19. The van der Waals surface area contributed by atoms with Gasteiger partial charge >= 0.3 is 11.9 Å². The van der Waals surface area contributed by atoms with E-state index in [0.717, 1.165) is 7.11 Å². The molecule has 78 valence electrons. The molecule has 0 bridgehead atoms. The molecule has 0 saturated carbocycles. The lowest BCUT2D eigenvalue weighted by Gasteiger charge is -1.95. The maximum Gasteiger partial charge on any atom is 0.350 e. The van der Waals surface area contributed by atoms with Gasteiger partial charge in [-0.15, -0.1) is 0 Å². The van der Waals surface area contributed by atoms with Gasteiger partial charge in [0.25, 0.3) is 0 Å². The summed E-state index contributed by atoms with van der Waals surface area (Å²) in [5.74, 6) is -1.43. The normalized spacial score (nSPS) is 10.5. The van der Waals surface area contributed by atoms with Crippen LogP contribution in [0.1, 0.15) is 0 Å². The van der Waals surface area contributed by atoms with Crippen LogP contribution in [-0.2, 0) is 19.1 Å². The second-order valence-electron chi connectivity index (χ2n) is 1.59. The third-order valence-corrected chi connectivity index (χ3v) is 0.931. The average molecular weight is 215 g/mol. The Labute approximate surface area is 80.0 Å². The van der Waals surface area contributed by atoms with Crippen molar-refractivity contribution in [1.29, 1.82) is 0 Å². The van der Waals surface area contributed by atoms with Crippen LogP contribution in [0.2, 0.25) is 0 Å². The van der Waals surface area contributed by atoms with Crippen LogP contribution in [0.5, 0.6) is 0 Å². The number of carbonyl (C=O) groups is 2. The van der Waals surface area contributed by atoms with Gasteiger partial charge in [-0.2, -0.15) is 0 Å². The van der Waals surface area contributed by atoms with E-state index >= 15 is 0 Å². The van der Waals surface area contributed by atoms with Crippen LogP contribution in [0.15, 0.2) is 0 Å². The molecule has 2 N–H and O–H groups in total. The number of aliphatic hydroxyl groups excluding tert-OH is 2. The van der Waals surface area contributed by atoms with Crippen LogP contribution in [0, 0.1) is 0 Å². The van der Waals surface area contributed by atoms with E-state index in [2.05, 4.69) is 9.47 Å². The van der Waals surface area contributed by atoms with Crippen molar-refractivity contribution in [2.75, 3.05) is 20.8 Å². The van der Waals surface area contributed by atoms with E-state index in [4.69, 9.17) is 21.8 Å². The largest absolute Gasteiger partial charge is 0.467 e. The third kappa shape index (κ3) is 11.1. The molecule has 0 aliphatic rings. The number of methoxy groups -OCH3 is 2. The SMILES string of the molecule is COC(=O)C(O)Cl.COC(=O)CO. The van der Waals surface area contributed by atoms with Gasteiger partial charge in [0.15, 0.2) is 0 Å². The monoisotopic (exact) mass is 214 g/mol. The Hall–Kier alpha value is -0.850. The molecule has 1 atom stereocenters. The Morgan fingerprint density at radius 3 is 1.85 bits per heavy atom. The maximum absolute atomic E-state index is 9.91. The molecule has 0 amide bonds. The fourth-order valence-corrected chi connectivity index (χ4v) is 0.251. The number of ether oxygens (including phenoxy) is 2. The van der Waals surface area contributed by atoms with Gasteiger partial charge in [0.05, 0.1) is 14.2 Å². The van der Waals surface area contributed by atoms with Crippen molar-refractivity contribution >= 4 is 23.5 Å². The van der Waals surface area contributed by atoms with Crippen LogP contribution in [0.25, 0.3) is 0 Å². The van der Waals surface area contributed by atoms with Crippen molar-refractivity contribution in [2.24, 2.45) is 0 Å². The first-order chi connectivity index (χ1) is 5.99. The molecular formula is C6H11ClO6. The van der Waals surface area contributed by atoms with Gasteiger partial charge in [-0.1, -0.05) is 11.6 Å². The summed E-state index contributed by atoms with van der Waals surface area (Å²) in [6.45, 7) is -0.531. The molecule has 0 aromatic heterocycles. The zero-order valence-corrected chi connectivity index (χ0v) is 7.95. The van der Waals surface area contributed by atoms with Gasteiger partial charge in [-0.3, -0.25) is 0 Å². The lowest BCUT2D eigenvalue weighted by molar-refractivity contribution is -0.146.